The maximum atomic E-state index is 4.58. The number of hydrogen-bond donors (Lipinski definition) is 0. The number of hydrogen-bond acceptors (Lipinski definition) is 2. The summed E-state index contributed by atoms with van der Waals surface area (Å²) in [4.78, 5) is 4.46. The normalized spacial score (nSPS) is 11.1. The number of halogens is 1. The SMILES string of the molecule is Cc1cccc(-n2nc(C)c3cc(Br)cnc32)c1. The van der Waals surface area contributed by atoms with E-state index in [0.29, 0.717) is 0 Å². The molecule has 3 rings (SSSR count). The van der Waals surface area contributed by atoms with Crippen LogP contribution < -0.4 is 0 Å². The van der Waals surface area contributed by atoms with Crippen LogP contribution in [0, 0.1) is 13.8 Å². The molecule has 0 saturated carbocycles. The number of pyridine rings is 1. The second kappa shape index (κ2) is 4.21. The molecule has 0 amide bonds. The van der Waals surface area contributed by atoms with Gasteiger partial charge in [0.05, 0.1) is 11.4 Å². The third kappa shape index (κ3) is 1.82. The van der Waals surface area contributed by atoms with Crippen molar-refractivity contribution in [3.63, 3.8) is 0 Å². The van der Waals surface area contributed by atoms with E-state index in [9.17, 15) is 0 Å². The van der Waals surface area contributed by atoms with Crippen LogP contribution >= 0.6 is 15.9 Å². The Hall–Kier alpha value is -1.68. The van der Waals surface area contributed by atoms with E-state index >= 15 is 0 Å². The summed E-state index contributed by atoms with van der Waals surface area (Å²) in [7, 11) is 0. The van der Waals surface area contributed by atoms with Gasteiger partial charge in [-0.05, 0) is 53.5 Å². The van der Waals surface area contributed by atoms with E-state index in [-0.39, 0.29) is 0 Å². The molecule has 0 spiro atoms. The number of aryl methyl sites for hydroxylation is 2. The largest absolute Gasteiger partial charge is 0.235 e. The average Bonchev–Trinajstić information content (AvgIpc) is 2.67. The second-order valence-corrected chi connectivity index (χ2v) is 5.28. The molecule has 0 atom stereocenters. The first-order valence-corrected chi connectivity index (χ1v) is 6.52. The topological polar surface area (TPSA) is 30.7 Å². The first kappa shape index (κ1) is 11.4. The predicted octanol–water partition coefficient (Wildman–Crippen LogP) is 3.80. The summed E-state index contributed by atoms with van der Waals surface area (Å²) >= 11 is 3.44. The number of benzene rings is 1. The van der Waals surface area contributed by atoms with Gasteiger partial charge in [0.2, 0.25) is 0 Å². The van der Waals surface area contributed by atoms with Crippen LogP contribution in [0.2, 0.25) is 0 Å². The van der Waals surface area contributed by atoms with Crippen molar-refractivity contribution in [2.24, 2.45) is 0 Å². The minimum atomic E-state index is 0.890. The molecule has 0 unspecified atom stereocenters. The smallest absolute Gasteiger partial charge is 0.163 e. The molecule has 3 nitrogen and oxygen atoms in total. The molecule has 0 radical (unpaired) electrons. The van der Waals surface area contributed by atoms with Crippen LogP contribution in [0.1, 0.15) is 11.3 Å². The minimum Gasteiger partial charge on any atom is -0.235 e. The van der Waals surface area contributed by atoms with E-state index < -0.39 is 0 Å². The lowest BCUT2D eigenvalue weighted by molar-refractivity contribution is 0.876. The molecular formula is C14H12BrN3. The first-order valence-electron chi connectivity index (χ1n) is 5.73. The van der Waals surface area contributed by atoms with Crippen LogP contribution in [-0.4, -0.2) is 14.8 Å². The summed E-state index contributed by atoms with van der Waals surface area (Å²) in [6.45, 7) is 4.08. The first-order chi connectivity index (χ1) is 8.65. The zero-order valence-corrected chi connectivity index (χ0v) is 11.8. The Morgan fingerprint density at radius 1 is 1.17 bits per heavy atom. The van der Waals surface area contributed by atoms with Gasteiger partial charge in [-0.25, -0.2) is 9.67 Å². The Balaban J connectivity index is 2.30. The molecule has 3 aromatic rings. The highest BCUT2D eigenvalue weighted by molar-refractivity contribution is 9.10. The number of aromatic nitrogens is 3. The van der Waals surface area contributed by atoms with Gasteiger partial charge >= 0.3 is 0 Å². The van der Waals surface area contributed by atoms with Gasteiger partial charge in [0, 0.05) is 16.1 Å². The lowest BCUT2D eigenvalue weighted by Crippen LogP contribution is -1.97. The molecule has 4 heteroatoms. The number of nitrogens with zero attached hydrogens (tertiary/aromatic N) is 3. The molecule has 2 aromatic heterocycles. The summed E-state index contributed by atoms with van der Waals surface area (Å²) in [6.07, 6.45) is 1.80. The Morgan fingerprint density at radius 2 is 2.00 bits per heavy atom. The quantitative estimate of drug-likeness (QED) is 0.684. The molecule has 0 aliphatic rings. The molecular weight excluding hydrogens is 290 g/mol. The summed E-state index contributed by atoms with van der Waals surface area (Å²) in [5, 5.41) is 5.65. The monoisotopic (exact) mass is 301 g/mol. The van der Waals surface area contributed by atoms with E-state index in [4.69, 9.17) is 0 Å². The van der Waals surface area contributed by atoms with Gasteiger partial charge in [-0.2, -0.15) is 5.10 Å². The van der Waals surface area contributed by atoms with Crippen LogP contribution in [0.25, 0.3) is 16.7 Å². The third-order valence-electron chi connectivity index (χ3n) is 2.92. The van der Waals surface area contributed by atoms with Crippen LogP contribution in [0.5, 0.6) is 0 Å². The fraction of sp³-hybridized carbons (Fsp3) is 0.143. The van der Waals surface area contributed by atoms with Crippen molar-refractivity contribution in [3.05, 3.63) is 52.3 Å². The zero-order chi connectivity index (χ0) is 12.7. The van der Waals surface area contributed by atoms with Crippen molar-refractivity contribution >= 4 is 27.0 Å². The van der Waals surface area contributed by atoms with Gasteiger partial charge < -0.3 is 0 Å². The Labute approximate surface area is 114 Å². The lowest BCUT2D eigenvalue weighted by atomic mass is 10.2. The Kier molecular flexibility index (Phi) is 2.67. The van der Waals surface area contributed by atoms with Crippen molar-refractivity contribution in [2.75, 3.05) is 0 Å². The zero-order valence-electron chi connectivity index (χ0n) is 10.2. The Morgan fingerprint density at radius 3 is 2.78 bits per heavy atom. The van der Waals surface area contributed by atoms with Crippen LogP contribution in [-0.2, 0) is 0 Å². The fourth-order valence-corrected chi connectivity index (χ4v) is 2.39. The maximum Gasteiger partial charge on any atom is 0.163 e. The molecule has 0 saturated heterocycles. The third-order valence-corrected chi connectivity index (χ3v) is 3.35. The van der Waals surface area contributed by atoms with Gasteiger partial charge in [-0.3, -0.25) is 0 Å². The minimum absolute atomic E-state index is 0.890. The number of rotatable bonds is 1. The highest BCUT2D eigenvalue weighted by Crippen LogP contribution is 2.23. The standard InChI is InChI=1S/C14H12BrN3/c1-9-4-3-5-12(6-9)18-14-13(10(2)17-18)7-11(15)8-16-14/h3-8H,1-2H3. The maximum absolute atomic E-state index is 4.58. The molecule has 90 valence electrons. The summed E-state index contributed by atoms with van der Waals surface area (Å²) in [6, 6.07) is 10.3. The van der Waals surface area contributed by atoms with Gasteiger partial charge in [-0.15, -0.1) is 0 Å². The molecule has 0 bridgehead atoms. The molecule has 18 heavy (non-hydrogen) atoms. The van der Waals surface area contributed by atoms with E-state index in [1.54, 1.807) is 6.20 Å². The van der Waals surface area contributed by atoms with Crippen LogP contribution in [0.4, 0.5) is 0 Å². The fourth-order valence-electron chi connectivity index (χ4n) is 2.06. The van der Waals surface area contributed by atoms with E-state index in [1.165, 1.54) is 5.56 Å². The van der Waals surface area contributed by atoms with Crippen LogP contribution in [0.15, 0.2) is 41.0 Å². The van der Waals surface area contributed by atoms with Gasteiger partial charge in [0.25, 0.3) is 0 Å². The summed E-state index contributed by atoms with van der Waals surface area (Å²) in [5.41, 5.74) is 4.13. The summed E-state index contributed by atoms with van der Waals surface area (Å²) in [5.74, 6) is 0. The molecule has 0 N–H and O–H groups in total. The average molecular weight is 302 g/mol. The van der Waals surface area contributed by atoms with Crippen molar-refractivity contribution in [1.82, 2.24) is 14.8 Å². The predicted molar refractivity (Wildman–Crippen MR) is 76.0 cm³/mol. The van der Waals surface area contributed by atoms with E-state index in [1.807, 2.05) is 23.7 Å². The van der Waals surface area contributed by atoms with Gasteiger partial charge in [-0.1, -0.05) is 12.1 Å². The van der Waals surface area contributed by atoms with Crippen molar-refractivity contribution in [2.45, 2.75) is 13.8 Å². The molecule has 0 fully saturated rings. The van der Waals surface area contributed by atoms with Crippen molar-refractivity contribution in [3.8, 4) is 5.69 Å². The molecule has 0 aliphatic carbocycles. The highest BCUT2D eigenvalue weighted by atomic mass is 79.9. The molecule has 2 heterocycles. The number of fused-ring (bicyclic) bond motifs is 1. The summed E-state index contributed by atoms with van der Waals surface area (Å²) < 4.78 is 2.87. The van der Waals surface area contributed by atoms with Crippen molar-refractivity contribution < 1.29 is 0 Å². The highest BCUT2D eigenvalue weighted by Gasteiger charge is 2.10. The Bertz CT molecular complexity index is 731. The van der Waals surface area contributed by atoms with Gasteiger partial charge in [0.1, 0.15) is 0 Å². The van der Waals surface area contributed by atoms with E-state index in [0.717, 1.165) is 26.9 Å². The van der Waals surface area contributed by atoms with Gasteiger partial charge in [0.15, 0.2) is 5.65 Å². The molecule has 1 aromatic carbocycles. The lowest BCUT2D eigenvalue weighted by Gasteiger charge is -2.03. The van der Waals surface area contributed by atoms with E-state index in [2.05, 4.69) is 51.1 Å². The van der Waals surface area contributed by atoms with Crippen molar-refractivity contribution in [1.29, 1.82) is 0 Å². The van der Waals surface area contributed by atoms with Crippen LogP contribution in [0.3, 0.4) is 0 Å². The molecule has 0 aliphatic heterocycles. The second-order valence-electron chi connectivity index (χ2n) is 4.36.